The van der Waals surface area contributed by atoms with E-state index in [-0.39, 0.29) is 11.8 Å². The molecule has 0 radical (unpaired) electrons. The highest BCUT2D eigenvalue weighted by atomic mass is 19.1. The topological polar surface area (TPSA) is 66.1 Å². The number of halogens is 1. The van der Waals surface area contributed by atoms with Crippen LogP contribution in [0.5, 0.6) is 5.75 Å². The van der Waals surface area contributed by atoms with Gasteiger partial charge < -0.3 is 25.0 Å². The number of amides is 2. The molecule has 178 valence electrons. The molecular formula is C25H33FN4O3. The Morgan fingerprint density at radius 3 is 2.73 bits per heavy atom. The van der Waals surface area contributed by atoms with Gasteiger partial charge in [0, 0.05) is 51.5 Å². The number of morpholine rings is 1. The van der Waals surface area contributed by atoms with Gasteiger partial charge in [-0.15, -0.1) is 0 Å². The molecule has 0 aromatic heterocycles. The van der Waals surface area contributed by atoms with Crippen molar-refractivity contribution in [3.8, 4) is 5.75 Å². The highest BCUT2D eigenvalue weighted by Crippen LogP contribution is 2.23. The van der Waals surface area contributed by atoms with Crippen molar-refractivity contribution in [1.29, 1.82) is 0 Å². The number of benzene rings is 2. The molecule has 7 nitrogen and oxygen atoms in total. The molecule has 1 atom stereocenters. The SMILES string of the molecule is O=C(NCc1cccc(OCCN2CCOCC2)c1)NCC1CCN(c2ccc(F)cc2)C1. The monoisotopic (exact) mass is 456 g/mol. The van der Waals surface area contributed by atoms with Crippen LogP contribution in [0.2, 0.25) is 0 Å². The van der Waals surface area contributed by atoms with Gasteiger partial charge in [0.15, 0.2) is 0 Å². The fourth-order valence-corrected chi connectivity index (χ4v) is 4.23. The van der Waals surface area contributed by atoms with E-state index in [1.165, 1.54) is 12.1 Å². The summed E-state index contributed by atoms with van der Waals surface area (Å²) in [5.41, 5.74) is 2.02. The minimum absolute atomic E-state index is 0.172. The number of urea groups is 1. The van der Waals surface area contributed by atoms with E-state index < -0.39 is 0 Å². The van der Waals surface area contributed by atoms with Crippen LogP contribution < -0.4 is 20.3 Å². The van der Waals surface area contributed by atoms with Gasteiger partial charge in [0.25, 0.3) is 0 Å². The Labute approximate surface area is 194 Å². The minimum Gasteiger partial charge on any atom is -0.492 e. The molecule has 0 saturated carbocycles. The number of carbonyl (C=O) groups is 1. The molecule has 33 heavy (non-hydrogen) atoms. The molecule has 2 fully saturated rings. The summed E-state index contributed by atoms with van der Waals surface area (Å²) in [5.74, 6) is 0.969. The van der Waals surface area contributed by atoms with E-state index in [9.17, 15) is 9.18 Å². The standard InChI is InChI=1S/C25H33FN4O3/c26-22-4-6-23(7-5-22)30-9-8-21(19-30)18-28-25(31)27-17-20-2-1-3-24(16-20)33-15-12-29-10-13-32-14-11-29/h1-7,16,21H,8-15,17-19H2,(H2,27,28,31). The number of hydrogen-bond acceptors (Lipinski definition) is 5. The third-order valence-electron chi connectivity index (χ3n) is 6.16. The first-order chi connectivity index (χ1) is 16.2. The summed E-state index contributed by atoms with van der Waals surface area (Å²) in [4.78, 5) is 16.8. The molecule has 2 N–H and O–H groups in total. The van der Waals surface area contributed by atoms with Gasteiger partial charge in [-0.3, -0.25) is 4.90 Å². The molecular weight excluding hydrogens is 423 g/mol. The highest BCUT2D eigenvalue weighted by molar-refractivity contribution is 5.73. The number of anilines is 1. The zero-order valence-electron chi connectivity index (χ0n) is 19.0. The minimum atomic E-state index is -0.224. The Bertz CT molecular complexity index is 889. The fourth-order valence-electron chi connectivity index (χ4n) is 4.23. The van der Waals surface area contributed by atoms with Crippen LogP contribution in [0, 0.1) is 11.7 Å². The lowest BCUT2D eigenvalue weighted by Crippen LogP contribution is -2.38. The van der Waals surface area contributed by atoms with E-state index in [1.54, 1.807) is 12.1 Å². The number of carbonyl (C=O) groups excluding carboxylic acids is 1. The third-order valence-corrected chi connectivity index (χ3v) is 6.16. The molecule has 1 unspecified atom stereocenters. The quantitative estimate of drug-likeness (QED) is 0.608. The van der Waals surface area contributed by atoms with E-state index in [4.69, 9.17) is 9.47 Å². The Balaban J connectivity index is 1.13. The molecule has 2 aliphatic rings. The smallest absolute Gasteiger partial charge is 0.315 e. The number of ether oxygens (including phenoxy) is 2. The summed E-state index contributed by atoms with van der Waals surface area (Å²) in [5, 5.41) is 5.90. The van der Waals surface area contributed by atoms with Crippen LogP contribution in [0.3, 0.4) is 0 Å². The highest BCUT2D eigenvalue weighted by Gasteiger charge is 2.23. The summed E-state index contributed by atoms with van der Waals surface area (Å²) in [6, 6.07) is 14.2. The third kappa shape index (κ3) is 7.33. The van der Waals surface area contributed by atoms with Gasteiger partial charge in [-0.1, -0.05) is 12.1 Å². The van der Waals surface area contributed by atoms with Gasteiger partial charge in [-0.05, 0) is 54.3 Å². The van der Waals surface area contributed by atoms with Crippen molar-refractivity contribution in [1.82, 2.24) is 15.5 Å². The molecule has 2 aliphatic heterocycles. The maximum absolute atomic E-state index is 13.1. The normalized spacial score (nSPS) is 18.8. The summed E-state index contributed by atoms with van der Waals surface area (Å²) < 4.78 is 24.4. The van der Waals surface area contributed by atoms with Crippen LogP contribution in [0.4, 0.5) is 14.9 Å². The molecule has 8 heteroatoms. The van der Waals surface area contributed by atoms with Gasteiger partial charge >= 0.3 is 6.03 Å². The van der Waals surface area contributed by atoms with Gasteiger partial charge in [0.05, 0.1) is 13.2 Å². The van der Waals surface area contributed by atoms with Crippen molar-refractivity contribution in [3.63, 3.8) is 0 Å². The van der Waals surface area contributed by atoms with E-state index >= 15 is 0 Å². The van der Waals surface area contributed by atoms with Crippen molar-refractivity contribution in [3.05, 3.63) is 59.9 Å². The van der Waals surface area contributed by atoms with Gasteiger partial charge in [0.2, 0.25) is 0 Å². The van der Waals surface area contributed by atoms with Gasteiger partial charge in [0.1, 0.15) is 18.2 Å². The maximum Gasteiger partial charge on any atom is 0.315 e. The molecule has 0 spiro atoms. The second kappa shape index (κ2) is 11.9. The van der Waals surface area contributed by atoms with Crippen molar-refractivity contribution in [2.75, 3.05) is 64.0 Å². The molecule has 2 aromatic rings. The van der Waals surface area contributed by atoms with Crippen LogP contribution >= 0.6 is 0 Å². The maximum atomic E-state index is 13.1. The average Bonchev–Trinajstić information content (AvgIpc) is 3.32. The first-order valence-corrected chi connectivity index (χ1v) is 11.7. The van der Waals surface area contributed by atoms with E-state index in [2.05, 4.69) is 20.4 Å². The van der Waals surface area contributed by atoms with Crippen molar-refractivity contribution >= 4 is 11.7 Å². The van der Waals surface area contributed by atoms with Crippen LogP contribution in [-0.4, -0.2) is 70.0 Å². The van der Waals surface area contributed by atoms with Crippen molar-refractivity contribution in [2.24, 2.45) is 5.92 Å². The van der Waals surface area contributed by atoms with Crippen LogP contribution in [0.1, 0.15) is 12.0 Å². The Kier molecular flexibility index (Phi) is 8.38. The predicted molar refractivity (Wildman–Crippen MR) is 126 cm³/mol. The Morgan fingerprint density at radius 2 is 1.91 bits per heavy atom. The molecule has 2 aromatic carbocycles. The van der Waals surface area contributed by atoms with Crippen molar-refractivity contribution < 1.29 is 18.7 Å². The number of rotatable bonds is 9. The lowest BCUT2D eigenvalue weighted by Gasteiger charge is -2.26. The summed E-state index contributed by atoms with van der Waals surface area (Å²) >= 11 is 0. The largest absolute Gasteiger partial charge is 0.492 e. The number of nitrogens with zero attached hydrogens (tertiary/aromatic N) is 2. The van der Waals surface area contributed by atoms with Crippen LogP contribution in [0.25, 0.3) is 0 Å². The lowest BCUT2D eigenvalue weighted by atomic mass is 10.1. The predicted octanol–water partition coefficient (Wildman–Crippen LogP) is 2.86. The first kappa shape index (κ1) is 23.3. The second-order valence-corrected chi connectivity index (χ2v) is 8.59. The van der Waals surface area contributed by atoms with E-state index in [0.717, 1.165) is 69.4 Å². The molecule has 0 bridgehead atoms. The molecule has 2 heterocycles. The van der Waals surface area contributed by atoms with E-state index in [0.29, 0.717) is 25.6 Å². The summed E-state index contributed by atoms with van der Waals surface area (Å²) in [6.45, 7) is 7.83. The van der Waals surface area contributed by atoms with Crippen LogP contribution in [0.15, 0.2) is 48.5 Å². The Morgan fingerprint density at radius 1 is 1.09 bits per heavy atom. The van der Waals surface area contributed by atoms with Crippen LogP contribution in [-0.2, 0) is 11.3 Å². The molecule has 4 rings (SSSR count). The first-order valence-electron chi connectivity index (χ1n) is 11.7. The molecule has 0 aliphatic carbocycles. The molecule has 2 amide bonds. The zero-order chi connectivity index (χ0) is 22.9. The average molecular weight is 457 g/mol. The lowest BCUT2D eigenvalue weighted by molar-refractivity contribution is 0.0322. The zero-order valence-corrected chi connectivity index (χ0v) is 19.0. The Hall–Kier alpha value is -2.84. The van der Waals surface area contributed by atoms with Gasteiger partial charge in [-0.2, -0.15) is 0 Å². The second-order valence-electron chi connectivity index (χ2n) is 8.59. The van der Waals surface area contributed by atoms with E-state index in [1.807, 2.05) is 24.3 Å². The number of nitrogens with one attached hydrogen (secondary N) is 2. The van der Waals surface area contributed by atoms with Crippen molar-refractivity contribution in [2.45, 2.75) is 13.0 Å². The fraction of sp³-hybridized carbons (Fsp3) is 0.480. The van der Waals surface area contributed by atoms with Gasteiger partial charge in [-0.25, -0.2) is 9.18 Å². The number of hydrogen-bond donors (Lipinski definition) is 2. The summed E-state index contributed by atoms with van der Waals surface area (Å²) in [6.07, 6.45) is 1.00. The summed E-state index contributed by atoms with van der Waals surface area (Å²) in [7, 11) is 0. The molecule has 2 saturated heterocycles.